The van der Waals surface area contributed by atoms with E-state index in [1.165, 1.54) is 6.08 Å². The molecule has 56 valence electrons. The second kappa shape index (κ2) is 4.98. The van der Waals surface area contributed by atoms with Crippen LogP contribution >= 0.6 is 0 Å². The molecule has 0 aromatic carbocycles. The molecular formula is C9H13F. The van der Waals surface area contributed by atoms with E-state index < -0.39 is 5.83 Å². The molecule has 0 spiro atoms. The lowest BCUT2D eigenvalue weighted by molar-refractivity contribution is 0.671. The summed E-state index contributed by atoms with van der Waals surface area (Å²) in [6, 6.07) is 0. The summed E-state index contributed by atoms with van der Waals surface area (Å²) < 4.78 is 12.0. The predicted octanol–water partition coefficient (Wildman–Crippen LogP) is 3.38. The topological polar surface area (TPSA) is 0 Å². The highest BCUT2D eigenvalue weighted by Crippen LogP contribution is 2.04. The Morgan fingerprint density at radius 3 is 2.40 bits per heavy atom. The minimum Gasteiger partial charge on any atom is -0.208 e. The van der Waals surface area contributed by atoms with E-state index in [4.69, 9.17) is 0 Å². The third kappa shape index (κ3) is 5.29. The van der Waals surface area contributed by atoms with Gasteiger partial charge in [-0.1, -0.05) is 38.2 Å². The molecule has 0 heterocycles. The average Bonchev–Trinajstić information content (AvgIpc) is 1.85. The lowest BCUT2D eigenvalue weighted by atomic mass is 10.1. The van der Waals surface area contributed by atoms with Crippen molar-refractivity contribution in [3.8, 4) is 0 Å². The molecule has 0 saturated heterocycles. The fourth-order valence-corrected chi connectivity index (χ4v) is 0.613. The molecule has 0 aromatic rings. The molecular weight excluding hydrogens is 127 g/mol. The molecule has 0 aliphatic heterocycles. The maximum Gasteiger partial charge on any atom is 0.116 e. The third-order valence-corrected chi connectivity index (χ3v) is 1.07. The van der Waals surface area contributed by atoms with Gasteiger partial charge in [0.1, 0.15) is 5.83 Å². The van der Waals surface area contributed by atoms with Gasteiger partial charge in [-0.2, -0.15) is 0 Å². The lowest BCUT2D eigenvalue weighted by Crippen LogP contribution is -1.72. The van der Waals surface area contributed by atoms with Crippen LogP contribution < -0.4 is 0 Å². The minimum absolute atomic E-state index is 0.419. The minimum atomic E-state index is -0.419. The Bertz CT molecular complexity index is 154. The van der Waals surface area contributed by atoms with Gasteiger partial charge < -0.3 is 0 Å². The van der Waals surface area contributed by atoms with E-state index in [0.29, 0.717) is 0 Å². The molecule has 0 aromatic heterocycles. The molecule has 0 fully saturated rings. The van der Waals surface area contributed by atoms with Gasteiger partial charge in [0.25, 0.3) is 0 Å². The monoisotopic (exact) mass is 140 g/mol. The number of hydrogen-bond donors (Lipinski definition) is 0. The van der Waals surface area contributed by atoms with Gasteiger partial charge in [0, 0.05) is 0 Å². The number of halogens is 1. The summed E-state index contributed by atoms with van der Waals surface area (Å²) in [7, 11) is 0. The van der Waals surface area contributed by atoms with Gasteiger partial charge in [-0.3, -0.25) is 0 Å². The van der Waals surface area contributed by atoms with Crippen molar-refractivity contribution in [1.29, 1.82) is 0 Å². The van der Waals surface area contributed by atoms with E-state index in [9.17, 15) is 4.39 Å². The summed E-state index contributed by atoms with van der Waals surface area (Å²) in [4.78, 5) is 0. The first-order chi connectivity index (χ1) is 4.66. The first-order valence-corrected chi connectivity index (χ1v) is 3.37. The Labute approximate surface area is 61.8 Å². The molecule has 10 heavy (non-hydrogen) atoms. The van der Waals surface area contributed by atoms with Crippen LogP contribution in [0.1, 0.15) is 19.8 Å². The van der Waals surface area contributed by atoms with Crippen LogP contribution in [0.25, 0.3) is 0 Å². The van der Waals surface area contributed by atoms with Crippen LogP contribution in [-0.2, 0) is 0 Å². The highest BCUT2D eigenvalue weighted by Gasteiger charge is 1.85. The van der Waals surface area contributed by atoms with Crippen molar-refractivity contribution in [3.63, 3.8) is 0 Å². The molecule has 0 rings (SSSR count). The van der Waals surface area contributed by atoms with E-state index >= 15 is 0 Å². The molecule has 0 nitrogen and oxygen atoms in total. The van der Waals surface area contributed by atoms with Crippen molar-refractivity contribution in [3.05, 3.63) is 36.7 Å². The summed E-state index contributed by atoms with van der Waals surface area (Å²) in [6.07, 6.45) is 4.95. The van der Waals surface area contributed by atoms with Gasteiger partial charge in [0.15, 0.2) is 0 Å². The van der Waals surface area contributed by atoms with Crippen molar-refractivity contribution in [2.45, 2.75) is 19.8 Å². The Morgan fingerprint density at radius 1 is 1.40 bits per heavy atom. The van der Waals surface area contributed by atoms with Crippen LogP contribution in [-0.4, -0.2) is 0 Å². The predicted molar refractivity (Wildman–Crippen MR) is 43.4 cm³/mol. The molecule has 0 amide bonds. The van der Waals surface area contributed by atoms with E-state index in [2.05, 4.69) is 20.1 Å². The Hall–Kier alpha value is -0.850. The average molecular weight is 140 g/mol. The Kier molecular flexibility index (Phi) is 4.55. The summed E-state index contributed by atoms with van der Waals surface area (Å²) in [5, 5.41) is 0. The zero-order valence-electron chi connectivity index (χ0n) is 6.36. The molecule has 0 saturated carbocycles. The largest absolute Gasteiger partial charge is 0.208 e. The molecule has 0 atom stereocenters. The van der Waals surface area contributed by atoms with E-state index in [-0.39, 0.29) is 0 Å². The van der Waals surface area contributed by atoms with Crippen LogP contribution in [0.15, 0.2) is 36.7 Å². The van der Waals surface area contributed by atoms with Crippen molar-refractivity contribution < 1.29 is 4.39 Å². The van der Waals surface area contributed by atoms with Gasteiger partial charge in [0.05, 0.1) is 0 Å². The van der Waals surface area contributed by atoms with Crippen molar-refractivity contribution in [2.24, 2.45) is 0 Å². The van der Waals surface area contributed by atoms with Crippen LogP contribution in [0.3, 0.4) is 0 Å². The van der Waals surface area contributed by atoms with E-state index in [0.717, 1.165) is 18.4 Å². The second-order valence-corrected chi connectivity index (χ2v) is 2.19. The normalized spacial score (nSPS) is 10.2. The molecule has 0 aliphatic carbocycles. The molecule has 0 unspecified atom stereocenters. The van der Waals surface area contributed by atoms with Crippen LogP contribution in [0.2, 0.25) is 0 Å². The summed E-state index contributed by atoms with van der Waals surface area (Å²) in [5.41, 5.74) is 0.946. The lowest BCUT2D eigenvalue weighted by Gasteiger charge is -1.92. The van der Waals surface area contributed by atoms with E-state index in [1.807, 2.05) is 0 Å². The van der Waals surface area contributed by atoms with Crippen molar-refractivity contribution in [1.82, 2.24) is 0 Å². The molecule has 0 bridgehead atoms. The highest BCUT2D eigenvalue weighted by molar-refractivity contribution is 5.20. The van der Waals surface area contributed by atoms with Gasteiger partial charge >= 0.3 is 0 Å². The zero-order chi connectivity index (χ0) is 7.98. The van der Waals surface area contributed by atoms with Gasteiger partial charge in [-0.05, 0) is 12.5 Å². The van der Waals surface area contributed by atoms with Gasteiger partial charge in [0.2, 0.25) is 0 Å². The van der Waals surface area contributed by atoms with Crippen molar-refractivity contribution >= 4 is 0 Å². The maximum atomic E-state index is 12.0. The fraction of sp³-hybridized carbons (Fsp3) is 0.333. The standard InChI is InChI=1S/C9H13F/c1-4-5-8(2)6-7-9(3)10/h6-7H,2-5H2,1H3. The molecule has 1 heteroatoms. The smallest absolute Gasteiger partial charge is 0.116 e. The first-order valence-electron chi connectivity index (χ1n) is 3.37. The Morgan fingerprint density at radius 2 is 2.00 bits per heavy atom. The summed E-state index contributed by atoms with van der Waals surface area (Å²) in [5.74, 6) is -0.419. The van der Waals surface area contributed by atoms with E-state index in [1.54, 1.807) is 6.08 Å². The number of rotatable bonds is 4. The third-order valence-electron chi connectivity index (χ3n) is 1.07. The van der Waals surface area contributed by atoms with Crippen LogP contribution in [0, 0.1) is 0 Å². The van der Waals surface area contributed by atoms with Crippen LogP contribution in [0.5, 0.6) is 0 Å². The first kappa shape index (κ1) is 9.15. The quantitative estimate of drug-likeness (QED) is 0.525. The maximum absolute atomic E-state index is 12.0. The second-order valence-electron chi connectivity index (χ2n) is 2.19. The number of hydrogen-bond acceptors (Lipinski definition) is 0. The van der Waals surface area contributed by atoms with Gasteiger partial charge in [-0.15, -0.1) is 0 Å². The molecule has 0 aliphatic rings. The number of allylic oxidation sites excluding steroid dienone is 4. The highest BCUT2D eigenvalue weighted by atomic mass is 19.1. The zero-order valence-corrected chi connectivity index (χ0v) is 6.36. The summed E-state index contributed by atoms with van der Waals surface area (Å²) >= 11 is 0. The van der Waals surface area contributed by atoms with Crippen molar-refractivity contribution in [2.75, 3.05) is 0 Å². The van der Waals surface area contributed by atoms with Gasteiger partial charge in [-0.25, -0.2) is 4.39 Å². The molecule has 0 N–H and O–H groups in total. The Balaban J connectivity index is 3.67. The van der Waals surface area contributed by atoms with Crippen LogP contribution in [0.4, 0.5) is 4.39 Å². The summed E-state index contributed by atoms with van der Waals surface area (Å²) in [6.45, 7) is 8.87. The SMILES string of the molecule is C=C(F)C=CC(=C)CCC. The molecule has 0 radical (unpaired) electrons. The fourth-order valence-electron chi connectivity index (χ4n) is 0.613.